The van der Waals surface area contributed by atoms with E-state index in [-0.39, 0.29) is 0 Å². The molecule has 1 aromatic rings. The van der Waals surface area contributed by atoms with Gasteiger partial charge in [0.05, 0.1) is 10.4 Å². The highest BCUT2D eigenvalue weighted by atomic mass is 35.5. The smallest absolute Gasteiger partial charge is 0.309 e. The van der Waals surface area contributed by atoms with E-state index in [1.54, 1.807) is 19.9 Å². The Hall–Kier alpha value is -0.540. The Morgan fingerprint density at radius 3 is 2.69 bits per heavy atom. The highest BCUT2D eigenvalue weighted by molar-refractivity contribution is 7.10. The van der Waals surface area contributed by atoms with Gasteiger partial charge in [-0.3, -0.25) is 4.79 Å². The van der Waals surface area contributed by atoms with Crippen LogP contribution in [-0.4, -0.2) is 11.1 Å². The van der Waals surface area contributed by atoms with Crippen LogP contribution in [0.1, 0.15) is 18.7 Å². The largest absolute Gasteiger partial charge is 0.481 e. The average molecular weight is 219 g/mol. The molecule has 0 atom stereocenters. The summed E-state index contributed by atoms with van der Waals surface area (Å²) in [4.78, 5) is 11.8. The Bertz CT molecular complexity index is 317. The lowest BCUT2D eigenvalue weighted by atomic mass is 9.89. The Morgan fingerprint density at radius 1 is 1.69 bits per heavy atom. The van der Waals surface area contributed by atoms with Crippen molar-refractivity contribution in [2.24, 2.45) is 5.41 Å². The van der Waals surface area contributed by atoms with Crippen LogP contribution >= 0.6 is 22.9 Å². The number of carboxylic acids is 1. The molecule has 0 bridgehead atoms. The minimum Gasteiger partial charge on any atom is -0.481 e. The first-order chi connectivity index (χ1) is 5.93. The molecule has 0 fully saturated rings. The van der Waals surface area contributed by atoms with E-state index in [4.69, 9.17) is 16.7 Å². The van der Waals surface area contributed by atoms with Crippen LogP contribution in [0.4, 0.5) is 0 Å². The maximum absolute atomic E-state index is 10.8. The van der Waals surface area contributed by atoms with Crippen LogP contribution in [0.5, 0.6) is 0 Å². The molecule has 72 valence electrons. The van der Waals surface area contributed by atoms with Crippen LogP contribution in [0, 0.1) is 5.41 Å². The molecule has 0 aliphatic rings. The fourth-order valence-corrected chi connectivity index (χ4v) is 2.26. The third-order valence-electron chi connectivity index (χ3n) is 1.87. The van der Waals surface area contributed by atoms with Gasteiger partial charge in [-0.2, -0.15) is 0 Å². The molecule has 1 aromatic heterocycles. The zero-order valence-corrected chi connectivity index (χ0v) is 9.08. The Labute approximate surface area is 86.2 Å². The summed E-state index contributed by atoms with van der Waals surface area (Å²) >= 11 is 7.37. The molecule has 0 saturated carbocycles. The average Bonchev–Trinajstić information content (AvgIpc) is 2.35. The summed E-state index contributed by atoms with van der Waals surface area (Å²) in [6, 6.07) is 1.79. The SMILES string of the molecule is CC(C)(Cc1sccc1Cl)C(=O)O. The minimum atomic E-state index is -0.794. The summed E-state index contributed by atoms with van der Waals surface area (Å²) in [6.45, 7) is 3.40. The number of halogens is 1. The number of hydrogen-bond donors (Lipinski definition) is 1. The van der Waals surface area contributed by atoms with Gasteiger partial charge >= 0.3 is 5.97 Å². The quantitative estimate of drug-likeness (QED) is 0.847. The summed E-state index contributed by atoms with van der Waals surface area (Å²) in [7, 11) is 0. The van der Waals surface area contributed by atoms with E-state index in [2.05, 4.69) is 0 Å². The fourth-order valence-electron chi connectivity index (χ4n) is 0.928. The monoisotopic (exact) mass is 218 g/mol. The van der Waals surface area contributed by atoms with Gasteiger partial charge in [0, 0.05) is 4.88 Å². The van der Waals surface area contributed by atoms with Gasteiger partial charge in [-0.1, -0.05) is 11.6 Å². The van der Waals surface area contributed by atoms with Gasteiger partial charge in [-0.15, -0.1) is 11.3 Å². The van der Waals surface area contributed by atoms with E-state index in [1.807, 2.05) is 5.38 Å². The standard InChI is InChI=1S/C9H11ClO2S/c1-9(2,8(11)12)5-7-6(10)3-4-13-7/h3-4H,5H2,1-2H3,(H,11,12). The molecule has 4 heteroatoms. The molecule has 0 spiro atoms. The van der Waals surface area contributed by atoms with Crippen molar-refractivity contribution in [3.63, 3.8) is 0 Å². The van der Waals surface area contributed by atoms with E-state index in [0.717, 1.165) is 4.88 Å². The zero-order chi connectivity index (χ0) is 10.1. The van der Waals surface area contributed by atoms with Gasteiger partial charge in [-0.25, -0.2) is 0 Å². The fraction of sp³-hybridized carbons (Fsp3) is 0.444. The number of thiophene rings is 1. The highest BCUT2D eigenvalue weighted by Crippen LogP contribution is 2.30. The number of aliphatic carboxylic acids is 1. The third kappa shape index (κ3) is 2.45. The molecule has 1 rings (SSSR count). The molecule has 0 aliphatic carbocycles. The van der Waals surface area contributed by atoms with E-state index < -0.39 is 11.4 Å². The van der Waals surface area contributed by atoms with Crippen molar-refractivity contribution < 1.29 is 9.90 Å². The number of carbonyl (C=O) groups is 1. The van der Waals surface area contributed by atoms with Crippen molar-refractivity contribution in [2.45, 2.75) is 20.3 Å². The van der Waals surface area contributed by atoms with E-state index >= 15 is 0 Å². The van der Waals surface area contributed by atoms with Crippen LogP contribution in [0.25, 0.3) is 0 Å². The predicted molar refractivity (Wildman–Crippen MR) is 54.4 cm³/mol. The lowest BCUT2D eigenvalue weighted by Crippen LogP contribution is -2.25. The molecule has 0 radical (unpaired) electrons. The van der Waals surface area contributed by atoms with Gasteiger partial charge in [0.1, 0.15) is 0 Å². The third-order valence-corrected chi connectivity index (χ3v) is 3.26. The topological polar surface area (TPSA) is 37.3 Å². The van der Waals surface area contributed by atoms with E-state index in [1.165, 1.54) is 11.3 Å². The maximum atomic E-state index is 10.8. The van der Waals surface area contributed by atoms with Crippen molar-refractivity contribution in [3.05, 3.63) is 21.3 Å². The first-order valence-electron chi connectivity index (χ1n) is 3.89. The molecule has 2 nitrogen and oxygen atoms in total. The second kappa shape index (κ2) is 3.68. The summed E-state index contributed by atoms with van der Waals surface area (Å²) in [5, 5.41) is 11.4. The molecule has 1 N–H and O–H groups in total. The Morgan fingerprint density at radius 2 is 2.31 bits per heavy atom. The normalized spacial score (nSPS) is 11.6. The van der Waals surface area contributed by atoms with Crippen molar-refractivity contribution >= 4 is 28.9 Å². The van der Waals surface area contributed by atoms with Gasteiger partial charge in [0.15, 0.2) is 0 Å². The highest BCUT2D eigenvalue weighted by Gasteiger charge is 2.28. The van der Waals surface area contributed by atoms with Crippen molar-refractivity contribution in [1.29, 1.82) is 0 Å². The maximum Gasteiger partial charge on any atom is 0.309 e. The summed E-state index contributed by atoms with van der Waals surface area (Å²) in [5.74, 6) is -0.794. The van der Waals surface area contributed by atoms with Crippen LogP contribution in [-0.2, 0) is 11.2 Å². The molecule has 0 unspecified atom stereocenters. The molecule has 0 amide bonds. The second-order valence-electron chi connectivity index (χ2n) is 3.56. The van der Waals surface area contributed by atoms with Crippen LogP contribution < -0.4 is 0 Å². The van der Waals surface area contributed by atoms with Crippen LogP contribution in [0.2, 0.25) is 5.02 Å². The molecule has 0 aromatic carbocycles. The molecule has 0 aliphatic heterocycles. The summed E-state index contributed by atoms with van der Waals surface area (Å²) < 4.78 is 0. The van der Waals surface area contributed by atoms with E-state index in [0.29, 0.717) is 11.4 Å². The van der Waals surface area contributed by atoms with E-state index in [9.17, 15) is 4.79 Å². The van der Waals surface area contributed by atoms with Crippen molar-refractivity contribution in [3.8, 4) is 0 Å². The van der Waals surface area contributed by atoms with Crippen LogP contribution in [0.15, 0.2) is 11.4 Å². The van der Waals surface area contributed by atoms with Gasteiger partial charge in [0.25, 0.3) is 0 Å². The summed E-state index contributed by atoms with van der Waals surface area (Å²) in [6.07, 6.45) is 0.485. The second-order valence-corrected chi connectivity index (χ2v) is 4.97. The number of rotatable bonds is 3. The molecular weight excluding hydrogens is 208 g/mol. The Kier molecular flexibility index (Phi) is 2.98. The van der Waals surface area contributed by atoms with Crippen molar-refractivity contribution in [2.75, 3.05) is 0 Å². The lowest BCUT2D eigenvalue weighted by Gasteiger charge is -2.17. The van der Waals surface area contributed by atoms with Crippen LogP contribution in [0.3, 0.4) is 0 Å². The van der Waals surface area contributed by atoms with Crippen molar-refractivity contribution in [1.82, 2.24) is 0 Å². The lowest BCUT2D eigenvalue weighted by molar-refractivity contribution is -0.146. The predicted octanol–water partition coefficient (Wildman–Crippen LogP) is 3.05. The number of carboxylic acid groups (broad SMARTS) is 1. The molecule has 0 saturated heterocycles. The number of hydrogen-bond acceptors (Lipinski definition) is 2. The summed E-state index contributed by atoms with van der Waals surface area (Å²) in [5.41, 5.74) is -0.742. The zero-order valence-electron chi connectivity index (χ0n) is 7.50. The first-order valence-corrected chi connectivity index (χ1v) is 5.14. The Balaban J connectivity index is 2.80. The molecule has 13 heavy (non-hydrogen) atoms. The minimum absolute atomic E-state index is 0.485. The van der Waals surface area contributed by atoms with Gasteiger partial charge < -0.3 is 5.11 Å². The molecule has 1 heterocycles. The molecular formula is C9H11ClO2S. The van der Waals surface area contributed by atoms with Gasteiger partial charge in [-0.05, 0) is 31.7 Å². The first kappa shape index (κ1) is 10.5. The van der Waals surface area contributed by atoms with Gasteiger partial charge in [0.2, 0.25) is 0 Å².